The predicted octanol–water partition coefficient (Wildman–Crippen LogP) is 15.5. The average Bonchev–Trinajstić information content (AvgIpc) is 3.69. The minimum absolute atomic E-state index is 0.920. The van der Waals surface area contributed by atoms with Crippen molar-refractivity contribution >= 4 is 39.0 Å². The summed E-state index contributed by atoms with van der Waals surface area (Å²) in [7, 11) is 0. The van der Waals surface area contributed by atoms with Crippen LogP contribution in [-0.2, 0) is 25.7 Å². The fraction of sp³-hybridized carbons (Fsp3) is 0.143. The molecule has 280 valence electrons. The van der Waals surface area contributed by atoms with E-state index in [1.165, 1.54) is 66.3 Å². The first-order valence-corrected chi connectivity index (χ1v) is 21.1. The van der Waals surface area contributed by atoms with Gasteiger partial charge >= 0.3 is 0 Å². The van der Waals surface area contributed by atoms with E-state index < -0.39 is 0 Å². The molecule has 2 aliphatic carbocycles. The van der Waals surface area contributed by atoms with Crippen LogP contribution in [0.25, 0.3) is 66.4 Å². The van der Waals surface area contributed by atoms with E-state index in [4.69, 9.17) is 4.42 Å². The van der Waals surface area contributed by atoms with Gasteiger partial charge in [-0.25, -0.2) is 0 Å². The molecular weight excluding hydrogens is 703 g/mol. The van der Waals surface area contributed by atoms with Crippen molar-refractivity contribution in [3.05, 3.63) is 198 Å². The molecule has 0 saturated carbocycles. The van der Waals surface area contributed by atoms with Gasteiger partial charge in [0, 0.05) is 33.4 Å². The Balaban J connectivity index is 1.01. The van der Waals surface area contributed by atoms with Gasteiger partial charge in [0.05, 0.1) is 0 Å². The summed E-state index contributed by atoms with van der Waals surface area (Å²) in [5, 5.41) is 2.30. The molecule has 0 radical (unpaired) electrons. The van der Waals surface area contributed by atoms with Gasteiger partial charge in [0.25, 0.3) is 0 Å². The number of benzene rings is 8. The predicted molar refractivity (Wildman–Crippen MR) is 243 cm³/mol. The second-order valence-corrected chi connectivity index (χ2v) is 16.1. The number of fused-ring (bicyclic) bond motifs is 5. The summed E-state index contributed by atoms with van der Waals surface area (Å²) in [5.41, 5.74) is 22.2. The molecule has 58 heavy (non-hydrogen) atoms. The molecule has 1 heterocycles. The van der Waals surface area contributed by atoms with Crippen LogP contribution in [0.1, 0.15) is 47.9 Å². The molecule has 0 bridgehead atoms. The molecule has 0 atom stereocenters. The molecular formula is C56H45NO. The van der Waals surface area contributed by atoms with Crippen LogP contribution in [0.3, 0.4) is 0 Å². The topological polar surface area (TPSA) is 16.4 Å². The Kier molecular flexibility index (Phi) is 8.77. The summed E-state index contributed by atoms with van der Waals surface area (Å²) in [6.45, 7) is 0. The molecule has 0 N–H and O–H groups in total. The van der Waals surface area contributed by atoms with Crippen LogP contribution in [0, 0.1) is 0 Å². The number of nitrogens with zero attached hydrogens (tertiary/aromatic N) is 1. The lowest BCUT2D eigenvalue weighted by atomic mass is 9.73. The van der Waals surface area contributed by atoms with Crippen molar-refractivity contribution in [1.29, 1.82) is 0 Å². The summed E-state index contributed by atoms with van der Waals surface area (Å²) in [6.07, 6.45) is 9.73. The van der Waals surface area contributed by atoms with E-state index in [0.717, 1.165) is 63.0 Å². The molecule has 0 spiro atoms. The number of hydrogen-bond acceptors (Lipinski definition) is 2. The van der Waals surface area contributed by atoms with Gasteiger partial charge in [0.2, 0.25) is 0 Å². The third-order valence-corrected chi connectivity index (χ3v) is 12.7. The van der Waals surface area contributed by atoms with Crippen LogP contribution in [-0.4, -0.2) is 0 Å². The summed E-state index contributed by atoms with van der Waals surface area (Å²) < 4.78 is 6.44. The molecule has 0 amide bonds. The average molecular weight is 748 g/mol. The lowest BCUT2D eigenvalue weighted by Gasteiger charge is -2.32. The number of rotatable bonds is 7. The van der Waals surface area contributed by atoms with Crippen LogP contribution in [0.4, 0.5) is 17.1 Å². The number of para-hydroxylation sites is 2. The van der Waals surface area contributed by atoms with Crippen molar-refractivity contribution in [2.75, 3.05) is 4.90 Å². The Morgan fingerprint density at radius 1 is 0.328 bits per heavy atom. The summed E-state index contributed by atoms with van der Waals surface area (Å²) in [5.74, 6) is 0. The zero-order valence-electron chi connectivity index (χ0n) is 32.8. The fourth-order valence-corrected chi connectivity index (χ4v) is 10.0. The highest BCUT2D eigenvalue weighted by Gasteiger charge is 2.28. The largest absolute Gasteiger partial charge is 0.455 e. The second-order valence-electron chi connectivity index (χ2n) is 16.1. The number of anilines is 3. The second kappa shape index (κ2) is 14.7. The highest BCUT2D eigenvalue weighted by atomic mass is 16.3. The molecule has 0 fully saturated rings. The van der Waals surface area contributed by atoms with Crippen LogP contribution < -0.4 is 4.90 Å². The van der Waals surface area contributed by atoms with E-state index in [-0.39, 0.29) is 0 Å². The van der Waals surface area contributed by atoms with Gasteiger partial charge in [0.1, 0.15) is 11.2 Å². The molecule has 2 nitrogen and oxygen atoms in total. The lowest BCUT2D eigenvalue weighted by Crippen LogP contribution is -2.15. The third kappa shape index (κ3) is 6.03. The summed E-state index contributed by atoms with van der Waals surface area (Å²) in [6, 6.07) is 64.1. The molecule has 8 aromatic carbocycles. The Morgan fingerprint density at radius 3 is 1.29 bits per heavy atom. The molecule has 1 aromatic heterocycles. The van der Waals surface area contributed by atoms with Crippen LogP contribution in [0.2, 0.25) is 0 Å². The Bertz CT molecular complexity index is 2870. The van der Waals surface area contributed by atoms with E-state index in [0.29, 0.717) is 0 Å². The van der Waals surface area contributed by atoms with Crippen molar-refractivity contribution in [2.24, 2.45) is 0 Å². The summed E-state index contributed by atoms with van der Waals surface area (Å²) >= 11 is 0. The molecule has 9 aromatic rings. The molecule has 2 heteroatoms. The van der Waals surface area contributed by atoms with E-state index in [1.54, 1.807) is 27.8 Å². The van der Waals surface area contributed by atoms with Crippen molar-refractivity contribution < 1.29 is 4.42 Å². The fourth-order valence-electron chi connectivity index (χ4n) is 10.0. The van der Waals surface area contributed by atoms with Gasteiger partial charge in [-0.15, -0.1) is 0 Å². The van der Waals surface area contributed by atoms with Crippen molar-refractivity contribution in [1.82, 2.24) is 0 Å². The van der Waals surface area contributed by atoms with Gasteiger partial charge in [-0.1, -0.05) is 133 Å². The van der Waals surface area contributed by atoms with E-state index in [9.17, 15) is 0 Å². The van der Waals surface area contributed by atoms with Gasteiger partial charge in [-0.2, -0.15) is 0 Å². The molecule has 0 aliphatic heterocycles. The Hall–Kier alpha value is -6.64. The number of furan rings is 1. The lowest BCUT2D eigenvalue weighted by molar-refractivity contribution is 0.662. The van der Waals surface area contributed by atoms with Crippen LogP contribution in [0.15, 0.2) is 180 Å². The third-order valence-electron chi connectivity index (χ3n) is 12.7. The molecule has 2 aliphatic rings. The SMILES string of the molecule is c1ccc(-c2ccc(N(c3ccc(-c4c5c(c(-c6ccccc6)c6c4CCCC6)CCCC5)cc3)c3ccc(-c4cccc5c4oc4ccccc45)cc3)cc2)cc1. The van der Waals surface area contributed by atoms with Crippen molar-refractivity contribution in [2.45, 2.75) is 51.4 Å². The van der Waals surface area contributed by atoms with Gasteiger partial charge in [-0.3, -0.25) is 0 Å². The Labute approximate surface area is 341 Å². The number of hydrogen-bond donors (Lipinski definition) is 0. The first kappa shape index (κ1) is 34.6. The van der Waals surface area contributed by atoms with E-state index in [2.05, 4.69) is 175 Å². The maximum Gasteiger partial charge on any atom is 0.143 e. The van der Waals surface area contributed by atoms with Gasteiger partial charge in [0.15, 0.2) is 0 Å². The van der Waals surface area contributed by atoms with Gasteiger partial charge < -0.3 is 9.32 Å². The Morgan fingerprint density at radius 2 is 0.741 bits per heavy atom. The maximum atomic E-state index is 6.44. The zero-order chi connectivity index (χ0) is 38.4. The quantitative estimate of drug-likeness (QED) is 0.161. The van der Waals surface area contributed by atoms with Crippen molar-refractivity contribution in [3.63, 3.8) is 0 Å². The molecule has 0 saturated heterocycles. The maximum absolute atomic E-state index is 6.44. The van der Waals surface area contributed by atoms with E-state index in [1.807, 2.05) is 6.07 Å². The zero-order valence-corrected chi connectivity index (χ0v) is 32.8. The van der Waals surface area contributed by atoms with Crippen LogP contribution >= 0.6 is 0 Å². The van der Waals surface area contributed by atoms with Crippen LogP contribution in [0.5, 0.6) is 0 Å². The monoisotopic (exact) mass is 747 g/mol. The minimum atomic E-state index is 0.920. The minimum Gasteiger partial charge on any atom is -0.455 e. The normalized spacial score (nSPS) is 13.7. The molecule has 11 rings (SSSR count). The summed E-state index contributed by atoms with van der Waals surface area (Å²) in [4.78, 5) is 2.40. The first-order valence-electron chi connectivity index (χ1n) is 21.1. The highest BCUT2D eigenvalue weighted by Crippen LogP contribution is 2.47. The molecule has 0 unspecified atom stereocenters. The standard InChI is InChI=1S/C56H45NO/c1-3-14-38(15-4-1)39-26-32-43(33-27-39)57(44-34-28-40(29-35-44)46-23-13-24-52-47-18-11-12-25-53(47)58-56(46)52)45-36-30-42(31-37-45)55-50-21-9-7-19-48(50)54(41-16-5-2-6-17-41)49-20-8-10-22-51(49)55/h1-6,11-18,23-37H,7-10,19-22H2. The van der Waals surface area contributed by atoms with E-state index >= 15 is 0 Å². The highest BCUT2D eigenvalue weighted by molar-refractivity contribution is 6.09. The van der Waals surface area contributed by atoms with Crippen molar-refractivity contribution in [3.8, 4) is 44.5 Å². The van der Waals surface area contributed by atoms with Gasteiger partial charge in [-0.05, 0) is 155 Å². The first-order chi connectivity index (χ1) is 28.8. The smallest absolute Gasteiger partial charge is 0.143 e.